The molecule has 1 aromatic rings. The number of carbonyl (C=O) groups is 1. The van der Waals surface area contributed by atoms with Gasteiger partial charge in [-0.3, -0.25) is 9.69 Å². The van der Waals surface area contributed by atoms with Gasteiger partial charge in [0.2, 0.25) is 5.91 Å². The van der Waals surface area contributed by atoms with Crippen molar-refractivity contribution >= 4 is 11.7 Å². The number of nitrogens with zero attached hydrogens (tertiary/aromatic N) is 4. The van der Waals surface area contributed by atoms with Gasteiger partial charge in [-0.2, -0.15) is 0 Å². The third-order valence-corrected chi connectivity index (χ3v) is 5.77. The normalized spacial score (nSPS) is 20.1. The highest BCUT2D eigenvalue weighted by molar-refractivity contribution is 5.79. The number of pyridine rings is 1. The molecular weight excluding hydrogens is 328 g/mol. The number of hydrogen-bond acceptors (Lipinski definition) is 5. The van der Waals surface area contributed by atoms with Crippen molar-refractivity contribution in [2.45, 2.75) is 32.2 Å². The highest BCUT2D eigenvalue weighted by Crippen LogP contribution is 2.41. The molecule has 144 valence electrons. The molecule has 26 heavy (non-hydrogen) atoms. The van der Waals surface area contributed by atoms with E-state index in [9.17, 15) is 4.79 Å². The van der Waals surface area contributed by atoms with E-state index < -0.39 is 0 Å². The van der Waals surface area contributed by atoms with Gasteiger partial charge in [0.1, 0.15) is 5.82 Å². The van der Waals surface area contributed by atoms with Gasteiger partial charge in [-0.15, -0.1) is 0 Å². The monoisotopic (exact) mass is 360 g/mol. The van der Waals surface area contributed by atoms with Crippen molar-refractivity contribution < 1.29 is 9.53 Å². The van der Waals surface area contributed by atoms with Gasteiger partial charge in [0.05, 0.1) is 0 Å². The van der Waals surface area contributed by atoms with Crippen LogP contribution in [0.25, 0.3) is 0 Å². The fourth-order valence-corrected chi connectivity index (χ4v) is 4.14. The molecule has 0 atom stereocenters. The second kappa shape index (κ2) is 8.35. The summed E-state index contributed by atoms with van der Waals surface area (Å²) in [5, 5.41) is 0. The van der Waals surface area contributed by atoms with Crippen LogP contribution in [0.5, 0.6) is 0 Å². The molecule has 0 saturated carbocycles. The number of likely N-dealkylation sites (tertiary alicyclic amines) is 2. The van der Waals surface area contributed by atoms with Gasteiger partial charge in [0.15, 0.2) is 0 Å². The van der Waals surface area contributed by atoms with Gasteiger partial charge < -0.3 is 14.5 Å². The van der Waals surface area contributed by atoms with E-state index in [0.29, 0.717) is 5.91 Å². The summed E-state index contributed by atoms with van der Waals surface area (Å²) in [4.78, 5) is 23.4. The number of piperidine rings is 1. The average molecular weight is 361 g/mol. The summed E-state index contributed by atoms with van der Waals surface area (Å²) in [6, 6.07) is 4.25. The van der Waals surface area contributed by atoms with Crippen molar-refractivity contribution in [2.75, 3.05) is 58.9 Å². The highest BCUT2D eigenvalue weighted by atomic mass is 16.5. The van der Waals surface area contributed by atoms with Crippen LogP contribution in [0.15, 0.2) is 18.3 Å². The minimum Gasteiger partial charge on any atom is -0.385 e. The van der Waals surface area contributed by atoms with Crippen LogP contribution in [-0.4, -0.2) is 74.7 Å². The predicted octanol–water partition coefficient (Wildman–Crippen LogP) is 2.00. The van der Waals surface area contributed by atoms with Gasteiger partial charge in [-0.05, 0) is 49.4 Å². The zero-order chi connectivity index (χ0) is 18.6. The summed E-state index contributed by atoms with van der Waals surface area (Å²) in [5.74, 6) is 1.32. The Hall–Kier alpha value is -1.66. The van der Waals surface area contributed by atoms with E-state index in [4.69, 9.17) is 4.74 Å². The van der Waals surface area contributed by atoms with Crippen LogP contribution in [-0.2, 0) is 16.1 Å². The number of methoxy groups -OCH3 is 1. The maximum Gasteiger partial charge on any atom is 0.223 e. The number of anilines is 1. The van der Waals surface area contributed by atoms with Gasteiger partial charge in [-0.1, -0.05) is 6.07 Å². The van der Waals surface area contributed by atoms with Gasteiger partial charge in [0.25, 0.3) is 0 Å². The molecule has 6 heteroatoms. The molecule has 2 aliphatic heterocycles. The van der Waals surface area contributed by atoms with Crippen LogP contribution < -0.4 is 4.90 Å². The first-order valence-corrected chi connectivity index (χ1v) is 9.63. The Bertz CT molecular complexity index is 594. The fraction of sp³-hybridized carbons (Fsp3) is 0.700. The summed E-state index contributed by atoms with van der Waals surface area (Å²) >= 11 is 0. The SMILES string of the molecule is COCCCN1CC2(CCN(Cc3ccc(N(C)C)nc3)CC2)CC1=O. The third kappa shape index (κ3) is 4.54. The van der Waals surface area contributed by atoms with Crippen molar-refractivity contribution in [3.63, 3.8) is 0 Å². The smallest absolute Gasteiger partial charge is 0.223 e. The second-order valence-electron chi connectivity index (χ2n) is 8.03. The van der Waals surface area contributed by atoms with E-state index in [2.05, 4.69) is 26.9 Å². The molecule has 2 saturated heterocycles. The summed E-state index contributed by atoms with van der Waals surface area (Å²) in [7, 11) is 5.73. The number of hydrogen-bond donors (Lipinski definition) is 0. The van der Waals surface area contributed by atoms with E-state index in [1.165, 1.54) is 5.56 Å². The molecule has 2 fully saturated rings. The molecule has 0 unspecified atom stereocenters. The number of ether oxygens (including phenoxy) is 1. The number of rotatable bonds is 7. The Morgan fingerprint density at radius 1 is 1.27 bits per heavy atom. The van der Waals surface area contributed by atoms with E-state index in [-0.39, 0.29) is 5.41 Å². The van der Waals surface area contributed by atoms with Crippen molar-refractivity contribution in [1.29, 1.82) is 0 Å². The van der Waals surface area contributed by atoms with E-state index >= 15 is 0 Å². The summed E-state index contributed by atoms with van der Waals surface area (Å²) in [5.41, 5.74) is 1.46. The van der Waals surface area contributed by atoms with Crippen molar-refractivity contribution in [3.8, 4) is 0 Å². The second-order valence-corrected chi connectivity index (χ2v) is 8.03. The molecule has 3 rings (SSSR count). The Kier molecular flexibility index (Phi) is 6.14. The van der Waals surface area contributed by atoms with Crippen LogP contribution in [0.2, 0.25) is 0 Å². The first kappa shape index (κ1) is 19.1. The zero-order valence-corrected chi connectivity index (χ0v) is 16.4. The molecule has 0 aromatic carbocycles. The first-order chi connectivity index (χ1) is 12.5. The van der Waals surface area contributed by atoms with Crippen molar-refractivity contribution in [3.05, 3.63) is 23.9 Å². The van der Waals surface area contributed by atoms with E-state index in [1.807, 2.05) is 25.2 Å². The van der Waals surface area contributed by atoms with Gasteiger partial charge >= 0.3 is 0 Å². The average Bonchev–Trinajstić information content (AvgIpc) is 2.93. The molecular formula is C20H32N4O2. The number of amides is 1. The summed E-state index contributed by atoms with van der Waals surface area (Å²) in [6.45, 7) is 5.57. The minimum absolute atomic E-state index is 0.202. The Morgan fingerprint density at radius 3 is 2.65 bits per heavy atom. The number of carbonyl (C=O) groups excluding carboxylic acids is 1. The van der Waals surface area contributed by atoms with Crippen LogP contribution in [0.4, 0.5) is 5.82 Å². The lowest BCUT2D eigenvalue weighted by Gasteiger charge is -2.38. The molecule has 0 aliphatic carbocycles. The molecule has 6 nitrogen and oxygen atoms in total. The van der Waals surface area contributed by atoms with Crippen molar-refractivity contribution in [1.82, 2.24) is 14.8 Å². The molecule has 1 aromatic heterocycles. The lowest BCUT2D eigenvalue weighted by atomic mass is 9.77. The molecule has 2 aliphatic rings. The van der Waals surface area contributed by atoms with E-state index in [0.717, 1.165) is 70.8 Å². The van der Waals surface area contributed by atoms with E-state index in [1.54, 1.807) is 7.11 Å². The molecule has 0 radical (unpaired) electrons. The van der Waals surface area contributed by atoms with Crippen molar-refractivity contribution in [2.24, 2.45) is 5.41 Å². The summed E-state index contributed by atoms with van der Waals surface area (Å²) in [6.07, 6.45) is 5.87. The van der Waals surface area contributed by atoms with Crippen LogP contribution in [0.3, 0.4) is 0 Å². The minimum atomic E-state index is 0.202. The Labute approximate surface area is 157 Å². The number of aromatic nitrogens is 1. The van der Waals surface area contributed by atoms with Gasteiger partial charge in [-0.25, -0.2) is 4.98 Å². The Balaban J connectivity index is 1.49. The zero-order valence-electron chi connectivity index (χ0n) is 16.4. The van der Waals surface area contributed by atoms with Crippen LogP contribution in [0, 0.1) is 5.41 Å². The standard InChI is InChI=1S/C20H32N4O2/c1-22(2)18-6-5-17(14-21-18)15-23-10-7-20(8-11-23)13-19(25)24(16-20)9-4-12-26-3/h5-6,14H,4,7-13,15-16H2,1-3H3. The largest absolute Gasteiger partial charge is 0.385 e. The molecule has 3 heterocycles. The lowest BCUT2D eigenvalue weighted by Crippen LogP contribution is -2.41. The summed E-state index contributed by atoms with van der Waals surface area (Å²) < 4.78 is 5.11. The van der Waals surface area contributed by atoms with Gasteiger partial charge in [0, 0.05) is 60.1 Å². The quantitative estimate of drug-likeness (QED) is 0.696. The van der Waals surface area contributed by atoms with Crippen LogP contribution in [0.1, 0.15) is 31.2 Å². The molecule has 0 bridgehead atoms. The molecule has 1 amide bonds. The third-order valence-electron chi connectivity index (χ3n) is 5.77. The fourth-order valence-electron chi connectivity index (χ4n) is 4.14. The first-order valence-electron chi connectivity index (χ1n) is 9.63. The Morgan fingerprint density at radius 2 is 2.04 bits per heavy atom. The topological polar surface area (TPSA) is 48.9 Å². The lowest BCUT2D eigenvalue weighted by molar-refractivity contribution is -0.128. The maximum absolute atomic E-state index is 12.4. The molecule has 0 N–H and O–H groups in total. The highest BCUT2D eigenvalue weighted by Gasteiger charge is 2.44. The van der Waals surface area contributed by atoms with Crippen LogP contribution >= 0.6 is 0 Å². The predicted molar refractivity (Wildman–Crippen MR) is 103 cm³/mol. The molecule has 1 spiro atoms. The maximum atomic E-state index is 12.4.